The minimum absolute atomic E-state index is 0.00917. The molecule has 0 aliphatic rings. The van der Waals surface area contributed by atoms with Crippen LogP contribution in [0.2, 0.25) is 0 Å². The van der Waals surface area contributed by atoms with Gasteiger partial charge in [-0.25, -0.2) is 0 Å². The molecule has 0 unspecified atom stereocenters. The first kappa shape index (κ1) is 15.5. The van der Waals surface area contributed by atoms with E-state index in [-0.39, 0.29) is 19.1 Å². The Bertz CT molecular complexity index is 381. The van der Waals surface area contributed by atoms with Crippen molar-refractivity contribution in [1.82, 2.24) is 5.32 Å². The summed E-state index contributed by atoms with van der Waals surface area (Å²) in [6.45, 7) is 3.75. The minimum atomic E-state index is -0.158. The number of ether oxygens (including phenoxy) is 2. The van der Waals surface area contributed by atoms with Crippen molar-refractivity contribution in [2.45, 2.75) is 13.3 Å². The standard InChI is InChI=1S/C14H21NO4/c1-2-8-19-13-5-3-4-12(11-13)14(17)15-6-9-18-10-7-16/h3-5,11,16H,2,6-10H2,1H3,(H,15,17). The number of rotatable bonds is 9. The first-order valence-corrected chi connectivity index (χ1v) is 6.47. The van der Waals surface area contributed by atoms with Gasteiger partial charge >= 0.3 is 0 Å². The van der Waals surface area contributed by atoms with Gasteiger partial charge < -0.3 is 19.9 Å². The van der Waals surface area contributed by atoms with Crippen molar-refractivity contribution in [1.29, 1.82) is 0 Å². The van der Waals surface area contributed by atoms with Gasteiger partial charge in [0.05, 0.1) is 26.4 Å². The molecule has 0 aliphatic heterocycles. The van der Waals surface area contributed by atoms with E-state index in [9.17, 15) is 4.79 Å². The van der Waals surface area contributed by atoms with Crippen LogP contribution in [-0.4, -0.2) is 44.0 Å². The summed E-state index contributed by atoms with van der Waals surface area (Å²) < 4.78 is 10.5. The lowest BCUT2D eigenvalue weighted by atomic mass is 10.2. The molecule has 0 saturated heterocycles. The molecule has 0 fully saturated rings. The number of aliphatic hydroxyl groups excluding tert-OH is 1. The number of carbonyl (C=O) groups excluding carboxylic acids is 1. The van der Waals surface area contributed by atoms with Crippen LogP contribution in [0.1, 0.15) is 23.7 Å². The third-order valence-electron chi connectivity index (χ3n) is 2.34. The van der Waals surface area contributed by atoms with Crippen molar-refractivity contribution in [3.63, 3.8) is 0 Å². The SMILES string of the molecule is CCCOc1cccc(C(=O)NCCOCCO)c1. The molecule has 0 saturated carbocycles. The van der Waals surface area contributed by atoms with Gasteiger partial charge in [-0.15, -0.1) is 0 Å². The third-order valence-corrected chi connectivity index (χ3v) is 2.34. The number of hydrogen-bond donors (Lipinski definition) is 2. The topological polar surface area (TPSA) is 67.8 Å². The second-order valence-electron chi connectivity index (χ2n) is 3.97. The maximum atomic E-state index is 11.8. The van der Waals surface area contributed by atoms with Crippen LogP contribution < -0.4 is 10.1 Å². The van der Waals surface area contributed by atoms with Gasteiger partial charge in [0.25, 0.3) is 5.91 Å². The number of aliphatic hydroxyl groups is 1. The molecule has 0 heterocycles. The lowest BCUT2D eigenvalue weighted by Crippen LogP contribution is -2.27. The van der Waals surface area contributed by atoms with E-state index in [4.69, 9.17) is 14.6 Å². The van der Waals surface area contributed by atoms with Crippen molar-refractivity contribution >= 4 is 5.91 Å². The summed E-state index contributed by atoms with van der Waals surface area (Å²) in [4.78, 5) is 11.8. The van der Waals surface area contributed by atoms with Gasteiger partial charge in [0.2, 0.25) is 0 Å². The first-order chi connectivity index (χ1) is 9.27. The van der Waals surface area contributed by atoms with Gasteiger partial charge in [-0.3, -0.25) is 4.79 Å². The Morgan fingerprint density at radius 3 is 2.89 bits per heavy atom. The molecule has 0 aliphatic carbocycles. The van der Waals surface area contributed by atoms with Crippen molar-refractivity contribution in [2.75, 3.05) is 33.0 Å². The van der Waals surface area contributed by atoms with E-state index in [1.807, 2.05) is 13.0 Å². The minimum Gasteiger partial charge on any atom is -0.494 e. The van der Waals surface area contributed by atoms with Gasteiger partial charge in [-0.2, -0.15) is 0 Å². The molecule has 2 N–H and O–H groups in total. The van der Waals surface area contributed by atoms with E-state index < -0.39 is 0 Å². The maximum absolute atomic E-state index is 11.8. The highest BCUT2D eigenvalue weighted by Crippen LogP contribution is 2.13. The third kappa shape index (κ3) is 6.22. The van der Waals surface area contributed by atoms with E-state index in [0.29, 0.717) is 31.1 Å². The number of carbonyl (C=O) groups is 1. The summed E-state index contributed by atoms with van der Waals surface area (Å²) in [6, 6.07) is 7.08. The number of benzene rings is 1. The Morgan fingerprint density at radius 1 is 1.32 bits per heavy atom. The summed E-state index contributed by atoms with van der Waals surface area (Å²) in [7, 11) is 0. The molecule has 0 atom stereocenters. The van der Waals surface area contributed by atoms with Gasteiger partial charge in [-0.05, 0) is 24.6 Å². The van der Waals surface area contributed by atoms with Crippen LogP contribution in [0.25, 0.3) is 0 Å². The summed E-state index contributed by atoms with van der Waals surface area (Å²) in [6.07, 6.45) is 0.929. The molecule has 0 spiro atoms. The van der Waals surface area contributed by atoms with Crippen LogP contribution in [0.5, 0.6) is 5.75 Å². The molecule has 1 rings (SSSR count). The highest BCUT2D eigenvalue weighted by atomic mass is 16.5. The second kappa shape index (κ2) is 9.35. The zero-order chi connectivity index (χ0) is 13.9. The van der Waals surface area contributed by atoms with E-state index in [1.165, 1.54) is 0 Å². The van der Waals surface area contributed by atoms with Crippen molar-refractivity contribution in [2.24, 2.45) is 0 Å². The Hall–Kier alpha value is -1.59. The molecule has 1 amide bonds. The fourth-order valence-corrected chi connectivity index (χ4v) is 1.45. The lowest BCUT2D eigenvalue weighted by molar-refractivity contribution is 0.0838. The molecule has 5 heteroatoms. The van der Waals surface area contributed by atoms with Crippen LogP contribution in [0.4, 0.5) is 0 Å². The quantitative estimate of drug-likeness (QED) is 0.660. The van der Waals surface area contributed by atoms with Gasteiger partial charge in [0, 0.05) is 12.1 Å². The number of amides is 1. The zero-order valence-electron chi connectivity index (χ0n) is 11.2. The van der Waals surface area contributed by atoms with Crippen LogP contribution >= 0.6 is 0 Å². The van der Waals surface area contributed by atoms with Gasteiger partial charge in [-0.1, -0.05) is 13.0 Å². The fraction of sp³-hybridized carbons (Fsp3) is 0.500. The van der Waals surface area contributed by atoms with E-state index in [2.05, 4.69) is 5.32 Å². The molecule has 1 aromatic carbocycles. The van der Waals surface area contributed by atoms with Crippen LogP contribution in [0, 0.1) is 0 Å². The molecular formula is C14H21NO4. The Balaban J connectivity index is 2.38. The average Bonchev–Trinajstić information content (AvgIpc) is 2.45. The molecule has 19 heavy (non-hydrogen) atoms. The number of hydrogen-bond acceptors (Lipinski definition) is 4. The summed E-state index contributed by atoms with van der Waals surface area (Å²) in [5, 5.41) is 11.3. The fourth-order valence-electron chi connectivity index (χ4n) is 1.45. The predicted molar refractivity (Wildman–Crippen MR) is 72.5 cm³/mol. The predicted octanol–water partition coefficient (Wildman–Crippen LogP) is 1.21. The highest BCUT2D eigenvalue weighted by Gasteiger charge is 2.05. The molecule has 1 aromatic rings. The summed E-state index contributed by atoms with van der Waals surface area (Å²) in [5.74, 6) is 0.542. The Labute approximate surface area is 113 Å². The smallest absolute Gasteiger partial charge is 0.251 e. The Kier molecular flexibility index (Phi) is 7.62. The van der Waals surface area contributed by atoms with Crippen molar-refractivity contribution in [3.8, 4) is 5.75 Å². The monoisotopic (exact) mass is 267 g/mol. The first-order valence-electron chi connectivity index (χ1n) is 6.47. The average molecular weight is 267 g/mol. The Morgan fingerprint density at radius 2 is 2.16 bits per heavy atom. The molecular weight excluding hydrogens is 246 g/mol. The molecule has 0 aromatic heterocycles. The zero-order valence-corrected chi connectivity index (χ0v) is 11.2. The van der Waals surface area contributed by atoms with Crippen molar-refractivity contribution in [3.05, 3.63) is 29.8 Å². The van der Waals surface area contributed by atoms with Crippen LogP contribution in [-0.2, 0) is 4.74 Å². The van der Waals surface area contributed by atoms with Crippen LogP contribution in [0.15, 0.2) is 24.3 Å². The lowest BCUT2D eigenvalue weighted by Gasteiger charge is -2.08. The number of nitrogens with one attached hydrogen (secondary N) is 1. The molecule has 5 nitrogen and oxygen atoms in total. The largest absolute Gasteiger partial charge is 0.494 e. The molecule has 106 valence electrons. The van der Waals surface area contributed by atoms with E-state index >= 15 is 0 Å². The van der Waals surface area contributed by atoms with E-state index in [1.54, 1.807) is 18.2 Å². The maximum Gasteiger partial charge on any atom is 0.251 e. The normalized spacial score (nSPS) is 10.2. The van der Waals surface area contributed by atoms with Gasteiger partial charge in [0.15, 0.2) is 0 Å². The second-order valence-corrected chi connectivity index (χ2v) is 3.97. The van der Waals surface area contributed by atoms with Gasteiger partial charge in [0.1, 0.15) is 5.75 Å². The molecule has 0 radical (unpaired) electrons. The highest BCUT2D eigenvalue weighted by molar-refractivity contribution is 5.94. The summed E-state index contributed by atoms with van der Waals surface area (Å²) in [5.41, 5.74) is 0.566. The molecule has 0 bridgehead atoms. The van der Waals surface area contributed by atoms with E-state index in [0.717, 1.165) is 6.42 Å². The summed E-state index contributed by atoms with van der Waals surface area (Å²) >= 11 is 0. The van der Waals surface area contributed by atoms with Crippen LogP contribution in [0.3, 0.4) is 0 Å². The van der Waals surface area contributed by atoms with Crippen molar-refractivity contribution < 1.29 is 19.4 Å².